The highest BCUT2D eigenvalue weighted by Gasteiger charge is 2.20. The van der Waals surface area contributed by atoms with Crippen LogP contribution in [0.25, 0.3) is 11.4 Å². The first kappa shape index (κ1) is 19.0. The van der Waals surface area contributed by atoms with Crippen LogP contribution in [0.3, 0.4) is 0 Å². The standard InChI is InChI=1S/C19H22N4O3S/c1-12-15(9-10-26-12)17-21-22-19(23(17)3)27-13(2)18(24)20-11-14-7-5-6-8-16(14)25-4/h5-10,13H,11H2,1-4H3,(H,20,24). The monoisotopic (exact) mass is 386 g/mol. The lowest BCUT2D eigenvalue weighted by molar-refractivity contribution is -0.120. The number of ether oxygens (including phenoxy) is 1. The number of nitrogens with zero attached hydrogens (tertiary/aromatic N) is 3. The molecule has 0 saturated carbocycles. The molecule has 1 N–H and O–H groups in total. The van der Waals surface area contributed by atoms with E-state index < -0.39 is 0 Å². The fourth-order valence-corrected chi connectivity index (χ4v) is 3.49. The van der Waals surface area contributed by atoms with Crippen LogP contribution in [0.4, 0.5) is 0 Å². The number of methoxy groups -OCH3 is 1. The minimum absolute atomic E-state index is 0.0741. The molecule has 0 spiro atoms. The molecule has 2 heterocycles. The molecule has 0 radical (unpaired) electrons. The van der Waals surface area contributed by atoms with Crippen molar-refractivity contribution in [3.05, 3.63) is 47.9 Å². The van der Waals surface area contributed by atoms with Gasteiger partial charge in [0.1, 0.15) is 11.5 Å². The summed E-state index contributed by atoms with van der Waals surface area (Å²) in [7, 11) is 3.50. The quantitative estimate of drug-likeness (QED) is 0.628. The molecule has 8 heteroatoms. The number of carbonyl (C=O) groups excluding carboxylic acids is 1. The first-order valence-electron chi connectivity index (χ1n) is 8.51. The number of amides is 1. The second-order valence-electron chi connectivity index (χ2n) is 6.05. The lowest BCUT2D eigenvalue weighted by Gasteiger charge is -2.13. The summed E-state index contributed by atoms with van der Waals surface area (Å²) in [6, 6.07) is 9.48. The van der Waals surface area contributed by atoms with Crippen molar-refractivity contribution in [2.45, 2.75) is 30.8 Å². The topological polar surface area (TPSA) is 82.2 Å². The van der Waals surface area contributed by atoms with Gasteiger partial charge in [-0.3, -0.25) is 4.79 Å². The van der Waals surface area contributed by atoms with E-state index in [9.17, 15) is 4.79 Å². The maximum absolute atomic E-state index is 12.5. The molecule has 0 bridgehead atoms. The number of para-hydroxylation sites is 1. The minimum atomic E-state index is -0.319. The summed E-state index contributed by atoms with van der Waals surface area (Å²) in [5.74, 6) is 2.18. The highest BCUT2D eigenvalue weighted by molar-refractivity contribution is 8.00. The molecule has 0 aliphatic heterocycles. The first-order chi connectivity index (χ1) is 13.0. The summed E-state index contributed by atoms with van der Waals surface area (Å²) in [6.07, 6.45) is 1.63. The second kappa shape index (κ2) is 8.30. The van der Waals surface area contributed by atoms with Gasteiger partial charge in [0, 0.05) is 19.2 Å². The van der Waals surface area contributed by atoms with Crippen LogP contribution in [-0.2, 0) is 18.4 Å². The zero-order chi connectivity index (χ0) is 19.4. The average Bonchev–Trinajstić information content (AvgIpc) is 3.25. The van der Waals surface area contributed by atoms with Crippen molar-refractivity contribution < 1.29 is 13.9 Å². The Bertz CT molecular complexity index is 935. The van der Waals surface area contributed by atoms with Crippen molar-refractivity contribution in [1.29, 1.82) is 0 Å². The van der Waals surface area contributed by atoms with E-state index in [4.69, 9.17) is 9.15 Å². The fraction of sp³-hybridized carbons (Fsp3) is 0.316. The van der Waals surface area contributed by atoms with Gasteiger partial charge >= 0.3 is 0 Å². The Morgan fingerprint density at radius 1 is 1.33 bits per heavy atom. The summed E-state index contributed by atoms with van der Waals surface area (Å²) in [5.41, 5.74) is 1.83. The molecule has 1 aromatic carbocycles. The number of thioether (sulfide) groups is 1. The Labute approximate surface area is 162 Å². The Balaban J connectivity index is 1.63. The van der Waals surface area contributed by atoms with Crippen molar-refractivity contribution in [2.24, 2.45) is 7.05 Å². The average molecular weight is 386 g/mol. The molecular weight excluding hydrogens is 364 g/mol. The Morgan fingerprint density at radius 2 is 2.11 bits per heavy atom. The molecule has 1 amide bonds. The number of nitrogens with one attached hydrogen (secondary N) is 1. The van der Waals surface area contributed by atoms with Crippen LogP contribution >= 0.6 is 11.8 Å². The predicted molar refractivity (Wildman–Crippen MR) is 104 cm³/mol. The largest absolute Gasteiger partial charge is 0.496 e. The van der Waals surface area contributed by atoms with E-state index in [1.807, 2.05) is 55.8 Å². The highest BCUT2D eigenvalue weighted by atomic mass is 32.2. The minimum Gasteiger partial charge on any atom is -0.496 e. The van der Waals surface area contributed by atoms with Gasteiger partial charge in [-0.05, 0) is 26.0 Å². The van der Waals surface area contributed by atoms with E-state index in [1.165, 1.54) is 11.8 Å². The van der Waals surface area contributed by atoms with Gasteiger partial charge in [0.15, 0.2) is 11.0 Å². The number of carbonyl (C=O) groups is 1. The number of aryl methyl sites for hydroxylation is 1. The number of hydrogen-bond donors (Lipinski definition) is 1. The molecule has 0 fully saturated rings. The molecule has 7 nitrogen and oxygen atoms in total. The number of hydrogen-bond acceptors (Lipinski definition) is 6. The molecule has 3 rings (SSSR count). The zero-order valence-corrected chi connectivity index (χ0v) is 16.5. The van der Waals surface area contributed by atoms with Gasteiger partial charge in [-0.1, -0.05) is 30.0 Å². The summed E-state index contributed by atoms with van der Waals surface area (Å²) in [4.78, 5) is 12.5. The van der Waals surface area contributed by atoms with E-state index in [0.717, 1.165) is 22.6 Å². The summed E-state index contributed by atoms with van der Waals surface area (Å²) in [5, 5.41) is 11.7. The van der Waals surface area contributed by atoms with Crippen LogP contribution in [0.15, 0.2) is 46.2 Å². The maximum atomic E-state index is 12.5. The summed E-state index contributed by atoms with van der Waals surface area (Å²) < 4.78 is 12.5. The van der Waals surface area contributed by atoms with Gasteiger partial charge in [0.25, 0.3) is 0 Å². The Hall–Kier alpha value is -2.74. The van der Waals surface area contributed by atoms with Crippen LogP contribution in [0.5, 0.6) is 5.75 Å². The van der Waals surface area contributed by atoms with Crippen LogP contribution in [0.2, 0.25) is 0 Å². The lowest BCUT2D eigenvalue weighted by Crippen LogP contribution is -2.30. The molecule has 3 aromatic rings. The molecule has 1 atom stereocenters. The normalized spacial score (nSPS) is 12.0. The van der Waals surface area contributed by atoms with Gasteiger partial charge < -0.3 is 19.0 Å². The SMILES string of the molecule is COc1ccccc1CNC(=O)C(C)Sc1nnc(-c2ccoc2C)n1C. The van der Waals surface area contributed by atoms with Crippen molar-refractivity contribution in [1.82, 2.24) is 20.1 Å². The third kappa shape index (κ3) is 4.16. The Morgan fingerprint density at radius 3 is 2.81 bits per heavy atom. The smallest absolute Gasteiger partial charge is 0.233 e. The summed E-state index contributed by atoms with van der Waals surface area (Å²) >= 11 is 1.36. The molecule has 142 valence electrons. The van der Waals surface area contributed by atoms with Gasteiger partial charge in [0.05, 0.1) is 24.2 Å². The predicted octanol–water partition coefficient (Wildman–Crippen LogP) is 3.19. The summed E-state index contributed by atoms with van der Waals surface area (Å²) in [6.45, 7) is 4.14. The fourth-order valence-electron chi connectivity index (χ4n) is 2.66. The number of furan rings is 1. The number of aromatic nitrogens is 3. The second-order valence-corrected chi connectivity index (χ2v) is 7.35. The third-order valence-corrected chi connectivity index (χ3v) is 5.37. The van der Waals surface area contributed by atoms with E-state index in [2.05, 4.69) is 15.5 Å². The van der Waals surface area contributed by atoms with Crippen LogP contribution in [-0.4, -0.2) is 33.0 Å². The van der Waals surface area contributed by atoms with Crippen molar-refractivity contribution in [2.75, 3.05) is 7.11 Å². The zero-order valence-electron chi connectivity index (χ0n) is 15.7. The van der Waals surface area contributed by atoms with Gasteiger partial charge in [0.2, 0.25) is 5.91 Å². The van der Waals surface area contributed by atoms with Crippen molar-refractivity contribution >= 4 is 17.7 Å². The van der Waals surface area contributed by atoms with Crippen molar-refractivity contribution in [3.63, 3.8) is 0 Å². The molecule has 0 aliphatic carbocycles. The molecule has 0 aliphatic rings. The van der Waals surface area contributed by atoms with E-state index >= 15 is 0 Å². The van der Waals surface area contributed by atoms with Crippen LogP contribution in [0.1, 0.15) is 18.2 Å². The third-order valence-electron chi connectivity index (χ3n) is 4.23. The van der Waals surface area contributed by atoms with Crippen LogP contribution < -0.4 is 10.1 Å². The molecule has 1 unspecified atom stereocenters. The van der Waals surface area contributed by atoms with E-state index in [1.54, 1.807) is 13.4 Å². The van der Waals surface area contributed by atoms with E-state index in [-0.39, 0.29) is 11.2 Å². The first-order valence-corrected chi connectivity index (χ1v) is 9.39. The number of rotatable bonds is 7. The Kier molecular flexibility index (Phi) is 5.85. The highest BCUT2D eigenvalue weighted by Crippen LogP contribution is 2.28. The van der Waals surface area contributed by atoms with Gasteiger partial charge in [-0.25, -0.2) is 0 Å². The molecule has 2 aromatic heterocycles. The molecule has 0 saturated heterocycles. The molecule has 27 heavy (non-hydrogen) atoms. The van der Waals surface area contributed by atoms with Crippen LogP contribution in [0, 0.1) is 6.92 Å². The molecular formula is C19H22N4O3S. The van der Waals surface area contributed by atoms with Gasteiger partial charge in [-0.15, -0.1) is 10.2 Å². The van der Waals surface area contributed by atoms with Crippen molar-refractivity contribution in [3.8, 4) is 17.1 Å². The van der Waals surface area contributed by atoms with E-state index in [0.29, 0.717) is 17.5 Å². The lowest BCUT2D eigenvalue weighted by atomic mass is 10.2. The number of benzene rings is 1. The van der Waals surface area contributed by atoms with Gasteiger partial charge in [-0.2, -0.15) is 0 Å². The maximum Gasteiger partial charge on any atom is 0.233 e.